The molecule has 1 aliphatic heterocycles. The van der Waals surface area contributed by atoms with Gasteiger partial charge in [-0.3, -0.25) is 4.68 Å². The van der Waals surface area contributed by atoms with Crippen LogP contribution in [0, 0.1) is 5.92 Å². The second kappa shape index (κ2) is 5.25. The van der Waals surface area contributed by atoms with Crippen LogP contribution in [-0.4, -0.2) is 33.6 Å². The summed E-state index contributed by atoms with van der Waals surface area (Å²) in [5.41, 5.74) is 0.461. The lowest BCUT2D eigenvalue weighted by Crippen LogP contribution is -2.50. The van der Waals surface area contributed by atoms with Crippen LogP contribution >= 0.6 is 0 Å². The zero-order valence-corrected chi connectivity index (χ0v) is 11.8. The molecule has 0 spiro atoms. The van der Waals surface area contributed by atoms with Gasteiger partial charge in [-0.1, -0.05) is 19.8 Å². The lowest BCUT2D eigenvalue weighted by atomic mass is 9.79. The topological polar surface area (TPSA) is 50.1 Å². The standard InChI is InChI=1S/C15H25N3O/c1-12-11-16-8-7-15(12,19)10-13-6-9-18(17-13)14-4-2-3-5-14/h6,9,12,14,16,19H,2-5,7-8,10-11H2,1H3. The van der Waals surface area contributed by atoms with Crippen molar-refractivity contribution in [3.8, 4) is 0 Å². The number of hydrogen-bond acceptors (Lipinski definition) is 3. The lowest BCUT2D eigenvalue weighted by molar-refractivity contribution is -0.0338. The molecule has 3 rings (SSSR count). The Bertz CT molecular complexity index is 425. The highest BCUT2D eigenvalue weighted by molar-refractivity contribution is 5.07. The van der Waals surface area contributed by atoms with Crippen LogP contribution in [0.4, 0.5) is 0 Å². The van der Waals surface area contributed by atoms with Crippen molar-refractivity contribution in [1.82, 2.24) is 15.1 Å². The van der Waals surface area contributed by atoms with Crippen LogP contribution in [0.25, 0.3) is 0 Å². The summed E-state index contributed by atoms with van der Waals surface area (Å²) in [6, 6.07) is 2.68. The third-order valence-electron chi connectivity index (χ3n) is 4.95. The van der Waals surface area contributed by atoms with E-state index in [2.05, 4.69) is 29.2 Å². The van der Waals surface area contributed by atoms with Gasteiger partial charge in [-0.15, -0.1) is 0 Å². The van der Waals surface area contributed by atoms with Crippen molar-refractivity contribution < 1.29 is 5.11 Å². The maximum Gasteiger partial charge on any atom is 0.0753 e. The van der Waals surface area contributed by atoms with Gasteiger partial charge in [0.2, 0.25) is 0 Å². The summed E-state index contributed by atoms with van der Waals surface area (Å²) in [6.07, 6.45) is 8.77. The predicted molar refractivity (Wildman–Crippen MR) is 75.0 cm³/mol. The van der Waals surface area contributed by atoms with E-state index in [9.17, 15) is 5.11 Å². The molecule has 2 fully saturated rings. The van der Waals surface area contributed by atoms with Gasteiger partial charge in [0.1, 0.15) is 0 Å². The minimum Gasteiger partial charge on any atom is -0.389 e. The molecule has 106 valence electrons. The first-order valence-electron chi connectivity index (χ1n) is 7.64. The SMILES string of the molecule is CC1CNCCC1(O)Cc1ccn(C2CCCC2)n1. The average Bonchev–Trinajstić information content (AvgIpc) is 3.03. The van der Waals surface area contributed by atoms with Crippen LogP contribution < -0.4 is 5.32 Å². The van der Waals surface area contributed by atoms with E-state index in [1.807, 2.05) is 0 Å². The van der Waals surface area contributed by atoms with E-state index >= 15 is 0 Å². The molecule has 2 atom stereocenters. The maximum absolute atomic E-state index is 10.8. The molecule has 4 heteroatoms. The fraction of sp³-hybridized carbons (Fsp3) is 0.800. The first-order chi connectivity index (χ1) is 9.17. The number of aliphatic hydroxyl groups is 1. The largest absolute Gasteiger partial charge is 0.389 e. The van der Waals surface area contributed by atoms with Crippen LogP contribution in [0.3, 0.4) is 0 Å². The van der Waals surface area contributed by atoms with Gasteiger partial charge >= 0.3 is 0 Å². The zero-order valence-electron chi connectivity index (χ0n) is 11.8. The molecule has 0 bridgehead atoms. The van der Waals surface area contributed by atoms with Crippen molar-refractivity contribution in [2.75, 3.05) is 13.1 Å². The van der Waals surface area contributed by atoms with E-state index in [0.717, 1.165) is 25.2 Å². The molecule has 0 amide bonds. The monoisotopic (exact) mass is 263 g/mol. The molecule has 1 aromatic rings. The van der Waals surface area contributed by atoms with Crippen LogP contribution in [0.1, 0.15) is 50.8 Å². The van der Waals surface area contributed by atoms with Crippen LogP contribution in [0.5, 0.6) is 0 Å². The highest BCUT2D eigenvalue weighted by atomic mass is 16.3. The number of nitrogens with one attached hydrogen (secondary N) is 1. The van der Waals surface area contributed by atoms with Crippen molar-refractivity contribution >= 4 is 0 Å². The number of rotatable bonds is 3. The Morgan fingerprint density at radius 2 is 2.26 bits per heavy atom. The smallest absolute Gasteiger partial charge is 0.0753 e. The van der Waals surface area contributed by atoms with E-state index in [4.69, 9.17) is 5.10 Å². The number of piperidine rings is 1. The van der Waals surface area contributed by atoms with Gasteiger partial charge in [0.15, 0.2) is 0 Å². The Morgan fingerprint density at radius 1 is 1.47 bits per heavy atom. The maximum atomic E-state index is 10.8. The third-order valence-corrected chi connectivity index (χ3v) is 4.95. The summed E-state index contributed by atoms with van der Waals surface area (Å²) in [4.78, 5) is 0. The van der Waals surface area contributed by atoms with Crippen molar-refractivity contribution in [3.05, 3.63) is 18.0 Å². The molecule has 1 saturated carbocycles. The van der Waals surface area contributed by atoms with Crippen LogP contribution in [0.2, 0.25) is 0 Å². The summed E-state index contributed by atoms with van der Waals surface area (Å²) in [7, 11) is 0. The van der Waals surface area contributed by atoms with E-state index in [-0.39, 0.29) is 5.92 Å². The van der Waals surface area contributed by atoms with Gasteiger partial charge in [-0.25, -0.2) is 0 Å². The van der Waals surface area contributed by atoms with Crippen molar-refractivity contribution in [2.24, 2.45) is 5.92 Å². The van der Waals surface area contributed by atoms with Gasteiger partial charge < -0.3 is 10.4 Å². The molecule has 19 heavy (non-hydrogen) atoms. The van der Waals surface area contributed by atoms with Crippen molar-refractivity contribution in [3.63, 3.8) is 0 Å². The zero-order chi connectivity index (χ0) is 13.3. The van der Waals surface area contributed by atoms with Crippen molar-refractivity contribution in [1.29, 1.82) is 0 Å². The third kappa shape index (κ3) is 2.70. The number of nitrogens with zero attached hydrogens (tertiary/aromatic N) is 2. The summed E-state index contributed by atoms with van der Waals surface area (Å²) in [5.74, 6) is 0.290. The summed E-state index contributed by atoms with van der Waals surface area (Å²) in [5, 5.41) is 18.8. The molecule has 1 aromatic heterocycles. The molecule has 2 N–H and O–H groups in total. The molecular formula is C15H25N3O. The van der Waals surface area contributed by atoms with Gasteiger partial charge in [-0.2, -0.15) is 5.10 Å². The van der Waals surface area contributed by atoms with Gasteiger partial charge in [-0.05, 0) is 37.8 Å². The Morgan fingerprint density at radius 3 is 3.00 bits per heavy atom. The Labute approximate surface area is 115 Å². The molecule has 1 saturated heterocycles. The van der Waals surface area contributed by atoms with Crippen molar-refractivity contribution in [2.45, 2.75) is 57.1 Å². The Hall–Kier alpha value is -0.870. The van der Waals surface area contributed by atoms with E-state index < -0.39 is 5.60 Å². The highest BCUT2D eigenvalue weighted by Gasteiger charge is 2.36. The molecule has 2 heterocycles. The minimum absolute atomic E-state index is 0.290. The Balaban J connectivity index is 1.69. The molecule has 0 radical (unpaired) electrons. The average molecular weight is 263 g/mol. The molecule has 1 aliphatic carbocycles. The lowest BCUT2D eigenvalue weighted by Gasteiger charge is -2.38. The summed E-state index contributed by atoms with van der Waals surface area (Å²) < 4.78 is 2.12. The molecule has 2 unspecified atom stereocenters. The molecule has 4 nitrogen and oxygen atoms in total. The van der Waals surface area contributed by atoms with E-state index in [1.165, 1.54) is 25.7 Å². The van der Waals surface area contributed by atoms with Gasteiger partial charge in [0, 0.05) is 19.2 Å². The van der Waals surface area contributed by atoms with Crippen LogP contribution in [0.15, 0.2) is 12.3 Å². The molecular weight excluding hydrogens is 238 g/mol. The Kier molecular flexibility index (Phi) is 3.63. The first-order valence-corrected chi connectivity index (χ1v) is 7.64. The van der Waals surface area contributed by atoms with Gasteiger partial charge in [0.25, 0.3) is 0 Å². The second-order valence-corrected chi connectivity index (χ2v) is 6.36. The fourth-order valence-electron chi connectivity index (χ4n) is 3.48. The minimum atomic E-state index is -0.583. The predicted octanol–water partition coefficient (Wildman–Crippen LogP) is 1.90. The molecule has 0 aromatic carbocycles. The van der Waals surface area contributed by atoms with E-state index in [0.29, 0.717) is 12.5 Å². The number of hydrogen-bond donors (Lipinski definition) is 2. The van der Waals surface area contributed by atoms with Crippen LogP contribution in [-0.2, 0) is 6.42 Å². The van der Waals surface area contributed by atoms with Gasteiger partial charge in [0.05, 0.1) is 17.3 Å². The molecule has 2 aliphatic rings. The number of aromatic nitrogens is 2. The fourth-order valence-corrected chi connectivity index (χ4v) is 3.48. The first kappa shape index (κ1) is 13.1. The van der Waals surface area contributed by atoms with E-state index in [1.54, 1.807) is 0 Å². The highest BCUT2D eigenvalue weighted by Crippen LogP contribution is 2.30. The summed E-state index contributed by atoms with van der Waals surface area (Å²) in [6.45, 7) is 3.93. The quantitative estimate of drug-likeness (QED) is 0.875. The normalized spacial score (nSPS) is 32.8. The second-order valence-electron chi connectivity index (χ2n) is 6.36. The summed E-state index contributed by atoms with van der Waals surface area (Å²) >= 11 is 0.